The lowest BCUT2D eigenvalue weighted by Crippen LogP contribution is -2.24. The van der Waals surface area contributed by atoms with Crippen LogP contribution in [0.2, 0.25) is 0 Å². The third kappa shape index (κ3) is 4.23. The Morgan fingerprint density at radius 1 is 1.23 bits per heavy atom. The molecule has 10 heteroatoms. The summed E-state index contributed by atoms with van der Waals surface area (Å²) in [5.74, 6) is 1.53. The van der Waals surface area contributed by atoms with Crippen LogP contribution >= 0.6 is 0 Å². The number of hydrogen-bond acceptors (Lipinski definition) is 7. The lowest BCUT2D eigenvalue weighted by molar-refractivity contribution is 0.153. The number of fused-ring (bicyclic) bond motifs is 1. The van der Waals surface area contributed by atoms with Crippen molar-refractivity contribution in [2.75, 3.05) is 5.32 Å². The van der Waals surface area contributed by atoms with Crippen LogP contribution in [0.4, 0.5) is 10.6 Å². The molecule has 4 rings (SSSR count). The summed E-state index contributed by atoms with van der Waals surface area (Å²) >= 11 is 0. The number of benzene rings is 1. The largest absolute Gasteiger partial charge is 0.439 e. The van der Waals surface area contributed by atoms with Crippen molar-refractivity contribution in [2.45, 2.75) is 26.4 Å². The summed E-state index contributed by atoms with van der Waals surface area (Å²) in [5, 5.41) is 19.5. The highest BCUT2D eigenvalue weighted by atomic mass is 16.7. The van der Waals surface area contributed by atoms with Gasteiger partial charge in [-0.15, -0.1) is 0 Å². The number of aromatic nitrogens is 5. The van der Waals surface area contributed by atoms with Gasteiger partial charge < -0.3 is 14.7 Å². The Morgan fingerprint density at radius 2 is 2.10 bits per heavy atom. The van der Waals surface area contributed by atoms with E-state index in [-0.39, 0.29) is 12.5 Å². The van der Waals surface area contributed by atoms with Crippen molar-refractivity contribution in [1.29, 1.82) is 0 Å². The number of carbonyl (C=O) groups excluding carboxylic acids is 1. The highest BCUT2D eigenvalue weighted by Crippen LogP contribution is 2.25. The molecule has 0 fully saturated rings. The van der Waals surface area contributed by atoms with Crippen LogP contribution in [0.15, 0.2) is 48.9 Å². The maximum atomic E-state index is 12.2. The van der Waals surface area contributed by atoms with Crippen molar-refractivity contribution in [3.05, 3.63) is 60.3 Å². The predicted octanol–water partition coefficient (Wildman–Crippen LogP) is 3.22. The first kappa shape index (κ1) is 19.4. The van der Waals surface area contributed by atoms with Crippen molar-refractivity contribution in [3.63, 3.8) is 0 Å². The fraction of sp³-hybridized carbons (Fsp3) is 0.200. The first-order chi connectivity index (χ1) is 14.5. The highest BCUT2D eigenvalue weighted by Gasteiger charge is 2.12. The van der Waals surface area contributed by atoms with Crippen LogP contribution in [0.25, 0.3) is 10.9 Å². The van der Waals surface area contributed by atoms with Gasteiger partial charge in [0, 0.05) is 29.4 Å². The van der Waals surface area contributed by atoms with Gasteiger partial charge in [0.15, 0.2) is 5.82 Å². The Bertz CT molecular complexity index is 1180. The number of nitrogens with one attached hydrogen (secondary N) is 2. The van der Waals surface area contributed by atoms with Crippen molar-refractivity contribution in [2.24, 2.45) is 0 Å². The minimum Gasteiger partial charge on any atom is -0.439 e. The van der Waals surface area contributed by atoms with Crippen LogP contribution in [0.1, 0.15) is 31.2 Å². The van der Waals surface area contributed by atoms with Gasteiger partial charge in [0.25, 0.3) is 0 Å². The van der Waals surface area contributed by atoms with Crippen LogP contribution in [0.5, 0.6) is 11.6 Å². The minimum absolute atomic E-state index is 0.197. The standard InChI is InChI=1S/C20H20N6O4/c1-12(2)16-9-18(25-24-16)23-20(28)30-26-6-5-13-7-15(3-4-17(13)26)29-19-8-14(10-27)21-11-22-19/h3-9,11-12,27H,10H2,1-2H3,(H2,23,24,25,28). The molecule has 154 valence electrons. The Balaban J connectivity index is 1.45. The van der Waals surface area contributed by atoms with Gasteiger partial charge >= 0.3 is 6.09 Å². The molecule has 0 saturated heterocycles. The van der Waals surface area contributed by atoms with E-state index in [1.165, 1.54) is 11.1 Å². The Hall–Kier alpha value is -3.92. The lowest BCUT2D eigenvalue weighted by Gasteiger charge is -2.08. The number of rotatable bonds is 6. The number of carbonyl (C=O) groups is 1. The van der Waals surface area contributed by atoms with Gasteiger partial charge in [-0.25, -0.2) is 14.8 Å². The monoisotopic (exact) mass is 408 g/mol. The van der Waals surface area contributed by atoms with Crippen LogP contribution in [0.3, 0.4) is 0 Å². The number of anilines is 1. The average molecular weight is 408 g/mol. The molecule has 3 N–H and O–H groups in total. The molecule has 0 atom stereocenters. The molecule has 0 aliphatic carbocycles. The zero-order valence-corrected chi connectivity index (χ0v) is 16.4. The van der Waals surface area contributed by atoms with Gasteiger partial charge in [-0.2, -0.15) is 9.83 Å². The first-order valence-electron chi connectivity index (χ1n) is 9.27. The third-order valence-electron chi connectivity index (χ3n) is 4.34. The van der Waals surface area contributed by atoms with Crippen LogP contribution in [0, 0.1) is 0 Å². The van der Waals surface area contributed by atoms with E-state index in [1.807, 2.05) is 13.8 Å². The quantitative estimate of drug-likeness (QED) is 0.447. The van der Waals surface area contributed by atoms with Crippen molar-refractivity contribution in [1.82, 2.24) is 24.9 Å². The van der Waals surface area contributed by atoms with E-state index in [0.717, 1.165) is 11.1 Å². The molecule has 3 aromatic heterocycles. The van der Waals surface area contributed by atoms with E-state index >= 15 is 0 Å². The number of aliphatic hydroxyl groups is 1. The molecular weight excluding hydrogens is 388 g/mol. The minimum atomic E-state index is -0.660. The Labute approximate surface area is 171 Å². The topological polar surface area (TPSA) is 127 Å². The Kier molecular flexibility index (Phi) is 5.31. The van der Waals surface area contributed by atoms with Crippen molar-refractivity contribution < 1.29 is 19.5 Å². The molecule has 4 aromatic rings. The molecule has 30 heavy (non-hydrogen) atoms. The van der Waals surface area contributed by atoms with E-state index in [9.17, 15) is 4.79 Å². The van der Waals surface area contributed by atoms with E-state index in [0.29, 0.717) is 28.7 Å². The molecular formula is C20H20N6O4. The second kappa shape index (κ2) is 8.21. The normalized spacial score (nSPS) is 11.1. The molecule has 0 unspecified atom stereocenters. The number of H-pyrrole nitrogens is 1. The summed E-state index contributed by atoms with van der Waals surface area (Å²) in [4.78, 5) is 25.5. The number of aliphatic hydroxyl groups excluding tert-OH is 1. The summed E-state index contributed by atoms with van der Waals surface area (Å²) < 4.78 is 7.08. The molecule has 0 spiro atoms. The number of aromatic amines is 1. The second-order valence-corrected chi connectivity index (χ2v) is 6.84. The zero-order valence-electron chi connectivity index (χ0n) is 16.4. The van der Waals surface area contributed by atoms with Crippen molar-refractivity contribution >= 4 is 22.8 Å². The maximum Gasteiger partial charge on any atom is 0.437 e. The lowest BCUT2D eigenvalue weighted by atomic mass is 10.1. The summed E-state index contributed by atoms with van der Waals surface area (Å²) in [7, 11) is 0. The fourth-order valence-corrected chi connectivity index (χ4v) is 2.79. The zero-order chi connectivity index (χ0) is 21.1. The van der Waals surface area contributed by atoms with E-state index < -0.39 is 6.09 Å². The molecule has 0 aliphatic rings. The predicted molar refractivity (Wildman–Crippen MR) is 108 cm³/mol. The summed E-state index contributed by atoms with van der Waals surface area (Å²) in [6.07, 6.45) is 2.30. The maximum absolute atomic E-state index is 12.2. The summed E-state index contributed by atoms with van der Waals surface area (Å²) in [5.41, 5.74) is 2.06. The molecule has 0 aliphatic heterocycles. The number of nitrogens with zero attached hydrogens (tertiary/aromatic N) is 4. The molecule has 0 radical (unpaired) electrons. The smallest absolute Gasteiger partial charge is 0.437 e. The summed E-state index contributed by atoms with van der Waals surface area (Å²) in [6, 6.07) is 10.4. The number of ether oxygens (including phenoxy) is 1. The third-order valence-corrected chi connectivity index (χ3v) is 4.34. The SMILES string of the molecule is CC(C)c1cc(NC(=O)On2ccc3cc(Oc4cc(CO)ncn4)ccc32)n[nH]1. The number of amides is 1. The molecule has 3 heterocycles. The molecule has 10 nitrogen and oxygen atoms in total. The highest BCUT2D eigenvalue weighted by molar-refractivity contribution is 5.86. The van der Waals surface area contributed by atoms with Crippen molar-refractivity contribution in [3.8, 4) is 11.6 Å². The van der Waals surface area contributed by atoms with Gasteiger partial charge in [-0.3, -0.25) is 10.4 Å². The second-order valence-electron chi connectivity index (χ2n) is 6.84. The summed E-state index contributed by atoms with van der Waals surface area (Å²) in [6.45, 7) is 3.85. The number of hydrogen-bond donors (Lipinski definition) is 3. The van der Waals surface area contributed by atoms with Gasteiger partial charge in [0.1, 0.15) is 12.1 Å². The van der Waals surface area contributed by atoms with Crippen LogP contribution in [-0.2, 0) is 6.61 Å². The molecule has 1 amide bonds. The first-order valence-corrected chi connectivity index (χ1v) is 9.27. The fourth-order valence-electron chi connectivity index (χ4n) is 2.79. The van der Waals surface area contributed by atoms with E-state index in [4.69, 9.17) is 14.7 Å². The van der Waals surface area contributed by atoms with Crippen LogP contribution in [-0.4, -0.2) is 36.1 Å². The molecule has 1 aromatic carbocycles. The molecule has 0 bridgehead atoms. The van der Waals surface area contributed by atoms with Gasteiger partial charge in [0.05, 0.1) is 17.8 Å². The van der Waals surface area contributed by atoms with Gasteiger partial charge in [-0.05, 0) is 30.2 Å². The van der Waals surface area contributed by atoms with Gasteiger partial charge in [0.2, 0.25) is 5.88 Å². The Morgan fingerprint density at radius 3 is 2.87 bits per heavy atom. The van der Waals surface area contributed by atoms with Gasteiger partial charge in [-0.1, -0.05) is 13.8 Å². The van der Waals surface area contributed by atoms with E-state index in [2.05, 4.69) is 25.5 Å². The van der Waals surface area contributed by atoms with E-state index in [1.54, 1.807) is 42.6 Å². The van der Waals surface area contributed by atoms with Crippen LogP contribution < -0.4 is 14.9 Å². The molecule has 0 saturated carbocycles. The average Bonchev–Trinajstić information content (AvgIpc) is 3.35.